The van der Waals surface area contributed by atoms with Gasteiger partial charge in [-0.05, 0) is 140 Å². The first-order chi connectivity index (χ1) is 21.5. The van der Waals surface area contributed by atoms with E-state index in [0.717, 1.165) is 29.7 Å². The number of halogens is 1. The summed E-state index contributed by atoms with van der Waals surface area (Å²) in [7, 11) is -3.53. The van der Waals surface area contributed by atoms with Gasteiger partial charge in [0.15, 0.2) is 15.7 Å². The van der Waals surface area contributed by atoms with Crippen LogP contribution in [0.4, 0.5) is 11.4 Å². The largest absolute Gasteiger partial charge is 0.489 e. The summed E-state index contributed by atoms with van der Waals surface area (Å²) in [6, 6.07) is 12.1. The molecule has 0 spiro atoms. The molecule has 0 bridgehead atoms. The lowest BCUT2D eigenvalue weighted by Gasteiger charge is -2.35. The van der Waals surface area contributed by atoms with Crippen molar-refractivity contribution in [2.45, 2.75) is 114 Å². The fourth-order valence-electron chi connectivity index (χ4n) is 6.71. The molecule has 7 nitrogen and oxygen atoms in total. The Hall–Kier alpha value is -2.81. The number of aryl methyl sites for hydroxylation is 1. The minimum Gasteiger partial charge on any atom is -0.489 e. The molecule has 2 aromatic rings. The summed E-state index contributed by atoms with van der Waals surface area (Å²) in [6.07, 6.45) is 12.9. The molecule has 2 aliphatic heterocycles. The molecule has 2 fully saturated rings. The smallest absolute Gasteiger partial charge is 0.182 e. The molecule has 2 heterocycles. The van der Waals surface area contributed by atoms with Crippen LogP contribution in [0.25, 0.3) is 0 Å². The number of nitrogens with one attached hydrogen (secondary N) is 2. The van der Waals surface area contributed by atoms with Crippen molar-refractivity contribution >= 4 is 38.6 Å². The number of ether oxygens (including phenoxy) is 1. The molecular weight excluding hydrogens is 604 g/mol. The lowest BCUT2D eigenvalue weighted by molar-refractivity contribution is 0.181. The fourth-order valence-corrected chi connectivity index (χ4v) is 8.09. The highest BCUT2D eigenvalue weighted by Crippen LogP contribution is 2.41. The van der Waals surface area contributed by atoms with E-state index in [2.05, 4.69) is 48.4 Å². The third-order valence-corrected chi connectivity index (χ3v) is 11.7. The first-order valence-corrected chi connectivity index (χ1v) is 18.5. The zero-order valence-electron chi connectivity index (χ0n) is 27.4. The van der Waals surface area contributed by atoms with Gasteiger partial charge in [0.05, 0.1) is 32.7 Å². The lowest BCUT2D eigenvalue weighted by Crippen LogP contribution is -2.35. The third-order valence-electron chi connectivity index (χ3n) is 9.16. The van der Waals surface area contributed by atoms with E-state index in [0.29, 0.717) is 28.9 Å². The Morgan fingerprint density at radius 2 is 1.69 bits per heavy atom. The minimum absolute atomic E-state index is 0.0141. The van der Waals surface area contributed by atoms with Crippen molar-refractivity contribution in [3.8, 4) is 5.75 Å². The van der Waals surface area contributed by atoms with E-state index in [9.17, 15) is 8.42 Å². The number of nitrogens with zero attached hydrogens (tertiary/aromatic N) is 2. The lowest BCUT2D eigenvalue weighted by atomic mass is 9.79. The summed E-state index contributed by atoms with van der Waals surface area (Å²) < 4.78 is 32.6. The van der Waals surface area contributed by atoms with E-state index in [1.807, 2.05) is 12.2 Å². The summed E-state index contributed by atoms with van der Waals surface area (Å²) in [5, 5.41) is 6.65. The summed E-state index contributed by atoms with van der Waals surface area (Å²) in [5.74, 6) is 2.47. The maximum atomic E-state index is 13.1. The molecule has 0 unspecified atom stereocenters. The van der Waals surface area contributed by atoms with Gasteiger partial charge >= 0.3 is 0 Å². The van der Waals surface area contributed by atoms with Crippen molar-refractivity contribution in [3.63, 3.8) is 0 Å². The Balaban J connectivity index is 1.41. The van der Waals surface area contributed by atoms with Gasteiger partial charge in [-0.25, -0.2) is 13.4 Å². The van der Waals surface area contributed by atoms with Crippen molar-refractivity contribution in [3.05, 3.63) is 70.5 Å². The molecule has 45 heavy (non-hydrogen) atoms. The molecule has 1 aliphatic carbocycles. The predicted molar refractivity (Wildman–Crippen MR) is 187 cm³/mol. The zero-order valence-corrected chi connectivity index (χ0v) is 29.0. The maximum absolute atomic E-state index is 13.1. The topological polar surface area (TPSA) is 83.0 Å². The molecule has 5 rings (SSSR count). The highest BCUT2D eigenvalue weighted by Gasteiger charge is 2.29. The summed E-state index contributed by atoms with van der Waals surface area (Å²) in [6.45, 7) is 12.2. The first kappa shape index (κ1) is 33.6. The number of allylic oxidation sites excluding steroid dienone is 3. The van der Waals surface area contributed by atoms with E-state index in [4.69, 9.17) is 21.3 Å². The molecule has 1 saturated carbocycles. The van der Waals surface area contributed by atoms with Gasteiger partial charge in [-0.1, -0.05) is 29.8 Å². The number of amidine groups is 1. The van der Waals surface area contributed by atoms with Crippen molar-refractivity contribution in [1.29, 1.82) is 0 Å². The Kier molecular flexibility index (Phi) is 11.0. The molecule has 2 aromatic carbocycles. The molecule has 0 radical (unpaired) electrons. The molecule has 1 saturated heterocycles. The number of hydrogen-bond acceptors (Lipinski definition) is 7. The molecule has 2 N–H and O–H groups in total. The Bertz CT molecular complexity index is 1550. The van der Waals surface area contributed by atoms with Crippen LogP contribution in [-0.4, -0.2) is 49.6 Å². The van der Waals surface area contributed by atoms with Crippen LogP contribution in [0.3, 0.4) is 0 Å². The van der Waals surface area contributed by atoms with Crippen molar-refractivity contribution < 1.29 is 13.2 Å². The second kappa shape index (κ2) is 14.7. The minimum atomic E-state index is -3.53. The highest BCUT2D eigenvalue weighted by molar-refractivity contribution is 7.92. The Morgan fingerprint density at radius 1 is 0.978 bits per heavy atom. The van der Waals surface area contributed by atoms with Crippen LogP contribution in [0.15, 0.2) is 69.3 Å². The summed E-state index contributed by atoms with van der Waals surface area (Å²) >= 11 is 6.71. The number of para-hydroxylation sites is 1. The number of hydrogen-bond donors (Lipinski definition) is 2. The van der Waals surface area contributed by atoms with E-state index in [1.54, 1.807) is 38.1 Å². The normalized spacial score (nSPS) is 21.6. The quantitative estimate of drug-likeness (QED) is 0.282. The van der Waals surface area contributed by atoms with Crippen molar-refractivity contribution in [2.24, 2.45) is 4.99 Å². The highest BCUT2D eigenvalue weighted by atomic mass is 35.5. The monoisotopic (exact) mass is 652 g/mol. The van der Waals surface area contributed by atoms with Crippen molar-refractivity contribution in [2.75, 3.05) is 23.7 Å². The molecule has 0 amide bonds. The van der Waals surface area contributed by atoms with Crippen LogP contribution in [-0.2, 0) is 9.84 Å². The van der Waals surface area contributed by atoms with Gasteiger partial charge in [0.1, 0.15) is 11.6 Å². The van der Waals surface area contributed by atoms with Gasteiger partial charge in [0, 0.05) is 12.5 Å². The number of benzene rings is 2. The zero-order chi connectivity index (χ0) is 32.1. The molecule has 9 heteroatoms. The molecule has 244 valence electrons. The van der Waals surface area contributed by atoms with Crippen LogP contribution in [0.2, 0.25) is 0 Å². The maximum Gasteiger partial charge on any atom is 0.182 e. The second-order valence-electron chi connectivity index (χ2n) is 13.2. The predicted octanol–water partition coefficient (Wildman–Crippen LogP) is 8.77. The van der Waals surface area contributed by atoms with Crippen LogP contribution in [0.5, 0.6) is 5.75 Å². The SMILES string of the molecule is Cc1cc(NC2=NC(Nc3ccccc3S(=O)(=O)C(C)C)=C(Cl)C=CCC2)c(OC(C)C)cc1C1CCC(N2CCCC2)CC1. The van der Waals surface area contributed by atoms with Gasteiger partial charge in [0.25, 0.3) is 0 Å². The average molecular weight is 653 g/mol. The number of sulfone groups is 1. The van der Waals surface area contributed by atoms with E-state index >= 15 is 0 Å². The molecule has 0 atom stereocenters. The summed E-state index contributed by atoms with van der Waals surface area (Å²) in [5.41, 5.74) is 3.95. The standard InChI is InChI=1S/C36H49ClN4O3S/c1-24(2)44-33-23-29(27-16-18-28(19-17-27)41-20-10-11-21-41)26(5)22-32(33)38-35-15-9-6-12-30(37)36(40-35)39-31-13-7-8-14-34(31)45(42,43)25(3)4/h6-8,12-14,22-25,27-28,39H,9-11,15-21H2,1-5H3,(H,38,40). The van der Waals surface area contributed by atoms with E-state index in [1.165, 1.54) is 62.7 Å². The number of rotatable bonds is 9. The number of aliphatic imine (C=N–C) groups is 1. The van der Waals surface area contributed by atoms with Crippen LogP contribution >= 0.6 is 11.6 Å². The van der Waals surface area contributed by atoms with Gasteiger partial charge < -0.3 is 20.3 Å². The first-order valence-electron chi connectivity index (χ1n) is 16.6. The molecule has 3 aliphatic rings. The Morgan fingerprint density at radius 3 is 2.38 bits per heavy atom. The van der Waals surface area contributed by atoms with Gasteiger partial charge in [-0.3, -0.25) is 0 Å². The van der Waals surface area contributed by atoms with Gasteiger partial charge in [-0.15, -0.1) is 0 Å². The molecular formula is C36H49ClN4O3S. The van der Waals surface area contributed by atoms with Gasteiger partial charge in [0.2, 0.25) is 0 Å². The van der Waals surface area contributed by atoms with Gasteiger partial charge in [-0.2, -0.15) is 0 Å². The van der Waals surface area contributed by atoms with Crippen LogP contribution in [0.1, 0.15) is 96.1 Å². The average Bonchev–Trinajstić information content (AvgIpc) is 3.54. The van der Waals surface area contributed by atoms with Crippen LogP contribution < -0.4 is 15.4 Å². The second-order valence-corrected chi connectivity index (χ2v) is 16.0. The number of likely N-dealkylation sites (tertiary alicyclic amines) is 1. The fraction of sp³-hybridized carbons (Fsp3) is 0.528. The third kappa shape index (κ3) is 8.13. The van der Waals surface area contributed by atoms with E-state index < -0.39 is 15.1 Å². The van der Waals surface area contributed by atoms with E-state index in [-0.39, 0.29) is 11.0 Å². The molecule has 0 aromatic heterocycles. The Labute approximate surface area is 275 Å². The van der Waals surface area contributed by atoms with Crippen LogP contribution in [0, 0.1) is 6.92 Å². The van der Waals surface area contributed by atoms with Crippen molar-refractivity contribution in [1.82, 2.24) is 4.90 Å². The summed E-state index contributed by atoms with van der Waals surface area (Å²) in [4.78, 5) is 7.85. The number of anilines is 2.